The maximum absolute atomic E-state index is 12.1. The summed E-state index contributed by atoms with van der Waals surface area (Å²) in [7, 11) is -3.33. The molecule has 7 heteroatoms. The standard InChI is InChI=1S/C18H22N2O4S/c1-13-4-5-14(2)17(12-13)24-11-10-19-18(21)15-6-8-16(9-7-15)20-25(3,22)23/h4-9,12,20H,10-11H2,1-3H3,(H,19,21). The molecule has 0 saturated heterocycles. The second-order valence-electron chi connectivity index (χ2n) is 5.82. The number of sulfonamides is 1. The first-order valence-corrected chi connectivity index (χ1v) is 9.70. The molecule has 0 radical (unpaired) electrons. The summed E-state index contributed by atoms with van der Waals surface area (Å²) in [5, 5.41) is 2.77. The van der Waals surface area contributed by atoms with Crippen LogP contribution in [0.15, 0.2) is 42.5 Å². The molecule has 0 aromatic heterocycles. The number of hydrogen-bond donors (Lipinski definition) is 2. The van der Waals surface area contributed by atoms with E-state index in [2.05, 4.69) is 10.0 Å². The predicted molar refractivity (Wildman–Crippen MR) is 98.7 cm³/mol. The van der Waals surface area contributed by atoms with Crippen LogP contribution in [0.4, 0.5) is 5.69 Å². The number of aryl methyl sites for hydroxylation is 2. The van der Waals surface area contributed by atoms with E-state index < -0.39 is 10.0 Å². The Balaban J connectivity index is 1.83. The first kappa shape index (κ1) is 18.8. The van der Waals surface area contributed by atoms with Gasteiger partial charge in [0, 0.05) is 11.3 Å². The van der Waals surface area contributed by atoms with Crippen LogP contribution in [0.5, 0.6) is 5.75 Å². The molecule has 0 spiro atoms. The van der Waals surface area contributed by atoms with E-state index >= 15 is 0 Å². The quantitative estimate of drug-likeness (QED) is 0.741. The van der Waals surface area contributed by atoms with Gasteiger partial charge < -0.3 is 10.1 Å². The smallest absolute Gasteiger partial charge is 0.251 e. The highest BCUT2D eigenvalue weighted by Gasteiger charge is 2.07. The second-order valence-corrected chi connectivity index (χ2v) is 7.57. The van der Waals surface area contributed by atoms with Crippen molar-refractivity contribution in [2.75, 3.05) is 24.1 Å². The Labute approximate surface area is 148 Å². The van der Waals surface area contributed by atoms with E-state index in [1.807, 2.05) is 32.0 Å². The van der Waals surface area contributed by atoms with Gasteiger partial charge in [0.25, 0.3) is 5.91 Å². The summed E-state index contributed by atoms with van der Waals surface area (Å²) in [6, 6.07) is 12.2. The maximum Gasteiger partial charge on any atom is 0.251 e. The molecule has 0 bridgehead atoms. The van der Waals surface area contributed by atoms with Gasteiger partial charge >= 0.3 is 0 Å². The Bertz CT molecular complexity index is 846. The molecule has 0 atom stereocenters. The molecule has 0 aliphatic carbocycles. The predicted octanol–water partition coefficient (Wildman–Crippen LogP) is 2.48. The number of carbonyl (C=O) groups excluding carboxylic acids is 1. The number of carbonyl (C=O) groups is 1. The van der Waals surface area contributed by atoms with Gasteiger partial charge in [-0.3, -0.25) is 9.52 Å². The van der Waals surface area contributed by atoms with Crippen LogP contribution in [0.2, 0.25) is 0 Å². The summed E-state index contributed by atoms with van der Waals surface area (Å²) >= 11 is 0. The van der Waals surface area contributed by atoms with Crippen molar-refractivity contribution in [2.24, 2.45) is 0 Å². The van der Waals surface area contributed by atoms with E-state index in [1.165, 1.54) is 0 Å². The first-order chi connectivity index (χ1) is 11.7. The van der Waals surface area contributed by atoms with E-state index in [1.54, 1.807) is 24.3 Å². The van der Waals surface area contributed by atoms with E-state index in [0.29, 0.717) is 24.4 Å². The minimum Gasteiger partial charge on any atom is -0.491 e. The lowest BCUT2D eigenvalue weighted by atomic mass is 10.1. The van der Waals surface area contributed by atoms with Crippen molar-refractivity contribution >= 4 is 21.6 Å². The summed E-state index contributed by atoms with van der Waals surface area (Å²) in [5.74, 6) is 0.570. The van der Waals surface area contributed by atoms with Crippen LogP contribution in [-0.4, -0.2) is 33.7 Å². The van der Waals surface area contributed by atoms with Crippen LogP contribution in [-0.2, 0) is 10.0 Å². The summed E-state index contributed by atoms with van der Waals surface area (Å²) in [5.41, 5.74) is 3.03. The fraction of sp³-hybridized carbons (Fsp3) is 0.278. The zero-order valence-electron chi connectivity index (χ0n) is 14.5. The van der Waals surface area contributed by atoms with Crippen molar-refractivity contribution in [1.29, 1.82) is 0 Å². The van der Waals surface area contributed by atoms with Crippen molar-refractivity contribution in [3.05, 3.63) is 59.2 Å². The Kier molecular flexibility index (Phi) is 6.03. The zero-order valence-corrected chi connectivity index (χ0v) is 15.3. The van der Waals surface area contributed by atoms with Gasteiger partial charge in [0.2, 0.25) is 10.0 Å². The number of hydrogen-bond acceptors (Lipinski definition) is 4. The molecule has 0 saturated carbocycles. The molecule has 0 aliphatic rings. The normalized spacial score (nSPS) is 11.0. The van der Waals surface area contributed by atoms with Crippen molar-refractivity contribution in [3.8, 4) is 5.75 Å². The Morgan fingerprint density at radius 2 is 1.76 bits per heavy atom. The number of nitrogens with one attached hydrogen (secondary N) is 2. The van der Waals surface area contributed by atoms with Crippen LogP contribution in [0.3, 0.4) is 0 Å². The first-order valence-electron chi connectivity index (χ1n) is 7.81. The summed E-state index contributed by atoms with van der Waals surface area (Å²) in [6.45, 7) is 4.70. The van der Waals surface area contributed by atoms with E-state index in [9.17, 15) is 13.2 Å². The van der Waals surface area contributed by atoms with E-state index in [-0.39, 0.29) is 5.91 Å². The number of amides is 1. The minimum atomic E-state index is -3.33. The van der Waals surface area contributed by atoms with Gasteiger partial charge in [-0.05, 0) is 55.3 Å². The zero-order chi connectivity index (χ0) is 18.4. The average Bonchev–Trinajstić information content (AvgIpc) is 2.53. The third-order valence-corrected chi connectivity index (χ3v) is 4.05. The third-order valence-electron chi connectivity index (χ3n) is 3.44. The highest BCUT2D eigenvalue weighted by atomic mass is 32.2. The van der Waals surface area contributed by atoms with Crippen LogP contribution in [0.1, 0.15) is 21.5 Å². The van der Waals surface area contributed by atoms with Crippen LogP contribution < -0.4 is 14.8 Å². The molecule has 0 fully saturated rings. The Morgan fingerprint density at radius 3 is 2.40 bits per heavy atom. The summed E-state index contributed by atoms with van der Waals surface area (Å²) < 4.78 is 30.3. The molecule has 0 heterocycles. The highest BCUT2D eigenvalue weighted by molar-refractivity contribution is 7.92. The van der Waals surface area contributed by atoms with E-state index in [4.69, 9.17) is 4.74 Å². The monoisotopic (exact) mass is 362 g/mol. The molecule has 2 aromatic rings. The van der Waals surface area contributed by atoms with Crippen LogP contribution in [0.25, 0.3) is 0 Å². The second kappa shape index (κ2) is 8.02. The van der Waals surface area contributed by atoms with Crippen molar-refractivity contribution in [1.82, 2.24) is 5.32 Å². The molecule has 0 unspecified atom stereocenters. The fourth-order valence-corrected chi connectivity index (χ4v) is 2.76. The van der Waals surface area contributed by atoms with Crippen molar-refractivity contribution in [3.63, 3.8) is 0 Å². The molecular weight excluding hydrogens is 340 g/mol. The van der Waals surface area contributed by atoms with Gasteiger partial charge in [0.1, 0.15) is 12.4 Å². The van der Waals surface area contributed by atoms with Gasteiger partial charge in [0.15, 0.2) is 0 Å². The summed E-state index contributed by atoms with van der Waals surface area (Å²) in [4.78, 5) is 12.1. The molecule has 134 valence electrons. The average molecular weight is 362 g/mol. The molecule has 2 N–H and O–H groups in total. The molecule has 1 amide bonds. The van der Waals surface area contributed by atoms with Gasteiger partial charge in [-0.15, -0.1) is 0 Å². The van der Waals surface area contributed by atoms with Gasteiger partial charge in [-0.25, -0.2) is 8.42 Å². The van der Waals surface area contributed by atoms with Gasteiger partial charge in [-0.1, -0.05) is 12.1 Å². The lowest BCUT2D eigenvalue weighted by Gasteiger charge is -2.11. The molecular formula is C18H22N2O4S. The number of ether oxygens (including phenoxy) is 1. The molecule has 2 aromatic carbocycles. The van der Waals surface area contributed by atoms with Crippen molar-refractivity contribution in [2.45, 2.75) is 13.8 Å². The highest BCUT2D eigenvalue weighted by Crippen LogP contribution is 2.18. The lowest BCUT2D eigenvalue weighted by molar-refractivity contribution is 0.0947. The Morgan fingerprint density at radius 1 is 1.08 bits per heavy atom. The number of anilines is 1. The maximum atomic E-state index is 12.1. The number of benzene rings is 2. The minimum absolute atomic E-state index is 0.240. The molecule has 25 heavy (non-hydrogen) atoms. The topological polar surface area (TPSA) is 84.5 Å². The van der Waals surface area contributed by atoms with Gasteiger partial charge in [0.05, 0.1) is 12.8 Å². The summed E-state index contributed by atoms with van der Waals surface area (Å²) in [6.07, 6.45) is 1.07. The third kappa shape index (κ3) is 6.11. The lowest BCUT2D eigenvalue weighted by Crippen LogP contribution is -2.28. The molecule has 2 rings (SSSR count). The molecule has 6 nitrogen and oxygen atoms in total. The van der Waals surface area contributed by atoms with Gasteiger partial charge in [-0.2, -0.15) is 0 Å². The Hall–Kier alpha value is -2.54. The SMILES string of the molecule is Cc1ccc(C)c(OCCNC(=O)c2ccc(NS(C)(=O)=O)cc2)c1. The van der Waals surface area contributed by atoms with Crippen molar-refractivity contribution < 1.29 is 17.9 Å². The number of rotatable bonds is 7. The molecule has 0 aliphatic heterocycles. The van der Waals surface area contributed by atoms with Crippen LogP contribution in [0, 0.1) is 13.8 Å². The van der Waals surface area contributed by atoms with Crippen LogP contribution >= 0.6 is 0 Å². The fourth-order valence-electron chi connectivity index (χ4n) is 2.19. The van der Waals surface area contributed by atoms with E-state index in [0.717, 1.165) is 23.1 Å². The largest absolute Gasteiger partial charge is 0.491 e.